The van der Waals surface area contributed by atoms with Gasteiger partial charge in [-0.15, -0.1) is 0 Å². The van der Waals surface area contributed by atoms with Crippen LogP contribution in [-0.4, -0.2) is 16.6 Å². The standard InChI is InChI=1S/C37H65NO2/c1-34(39)28-23-19-15-11-7-3-5-9-13-17-21-25-30-36-31-27-33-38-37(36)32-26-22-18-14-10-6-4-8-12-16-20-24-29-35(2)40/h27,31,33H,3-26,28-30,32H2,1-2H3. The molecule has 0 saturated carbocycles. The smallest absolute Gasteiger partial charge is 0.129 e. The van der Waals surface area contributed by atoms with Crippen LogP contribution in [0.5, 0.6) is 0 Å². The Morgan fingerprint density at radius 3 is 1.18 bits per heavy atom. The fourth-order valence-corrected chi connectivity index (χ4v) is 5.82. The molecule has 3 heteroatoms. The lowest BCUT2D eigenvalue weighted by Gasteiger charge is -2.09. The van der Waals surface area contributed by atoms with Crippen LogP contribution in [-0.2, 0) is 22.4 Å². The Labute approximate surface area is 249 Å². The molecule has 0 fully saturated rings. The van der Waals surface area contributed by atoms with Gasteiger partial charge in [0.25, 0.3) is 0 Å². The number of hydrogen-bond acceptors (Lipinski definition) is 3. The zero-order valence-electron chi connectivity index (χ0n) is 26.8. The first kappa shape index (κ1) is 36.5. The van der Waals surface area contributed by atoms with Gasteiger partial charge in [0.2, 0.25) is 0 Å². The van der Waals surface area contributed by atoms with E-state index in [1.54, 1.807) is 13.8 Å². The maximum Gasteiger partial charge on any atom is 0.129 e. The zero-order valence-corrected chi connectivity index (χ0v) is 26.8. The molecule has 0 saturated heterocycles. The average Bonchev–Trinajstić information content (AvgIpc) is 2.93. The van der Waals surface area contributed by atoms with Gasteiger partial charge >= 0.3 is 0 Å². The molecule has 0 aliphatic carbocycles. The number of hydrogen-bond donors (Lipinski definition) is 0. The van der Waals surface area contributed by atoms with Crippen molar-refractivity contribution in [2.45, 2.75) is 194 Å². The topological polar surface area (TPSA) is 47.0 Å². The highest BCUT2D eigenvalue weighted by Crippen LogP contribution is 2.17. The minimum absolute atomic E-state index is 0.338. The van der Waals surface area contributed by atoms with Crippen LogP contribution in [0.15, 0.2) is 18.3 Å². The summed E-state index contributed by atoms with van der Waals surface area (Å²) in [5.41, 5.74) is 2.85. The van der Waals surface area contributed by atoms with Gasteiger partial charge in [0.1, 0.15) is 11.6 Å². The highest BCUT2D eigenvalue weighted by atomic mass is 16.1. The summed E-state index contributed by atoms with van der Waals surface area (Å²) in [6.07, 6.45) is 37.7. The van der Waals surface area contributed by atoms with Gasteiger partial charge in [0, 0.05) is 24.7 Å². The summed E-state index contributed by atoms with van der Waals surface area (Å²) in [6, 6.07) is 4.43. The quantitative estimate of drug-likeness (QED) is 0.0887. The first-order valence-corrected chi connectivity index (χ1v) is 17.5. The molecule has 0 unspecified atom stereocenters. The van der Waals surface area contributed by atoms with E-state index in [1.807, 2.05) is 6.20 Å². The van der Waals surface area contributed by atoms with Gasteiger partial charge in [-0.1, -0.05) is 134 Å². The third kappa shape index (κ3) is 24.3. The number of unbranched alkanes of at least 4 members (excludes halogenated alkanes) is 22. The van der Waals surface area contributed by atoms with E-state index >= 15 is 0 Å². The number of aryl methyl sites for hydroxylation is 2. The SMILES string of the molecule is CC(=O)CCCCCCCCCCCCCCc1cccnc1CCCCCCCCCCCCCCC(C)=O. The monoisotopic (exact) mass is 556 g/mol. The van der Waals surface area contributed by atoms with Crippen molar-refractivity contribution in [3.05, 3.63) is 29.6 Å². The van der Waals surface area contributed by atoms with Crippen molar-refractivity contribution in [1.82, 2.24) is 4.98 Å². The lowest BCUT2D eigenvalue weighted by molar-refractivity contribution is -0.117. The Bertz CT molecular complexity index is 668. The minimum Gasteiger partial charge on any atom is -0.300 e. The van der Waals surface area contributed by atoms with E-state index in [1.165, 1.54) is 159 Å². The molecular formula is C37H65NO2. The van der Waals surface area contributed by atoms with Crippen LogP contribution < -0.4 is 0 Å². The number of ketones is 2. The third-order valence-corrected chi connectivity index (χ3v) is 8.40. The second-order valence-electron chi connectivity index (χ2n) is 12.5. The molecule has 1 aromatic heterocycles. The molecule has 0 spiro atoms. The Morgan fingerprint density at radius 2 is 0.800 bits per heavy atom. The van der Waals surface area contributed by atoms with E-state index in [0.717, 1.165) is 32.1 Å². The van der Waals surface area contributed by atoms with Gasteiger partial charge in [-0.3, -0.25) is 4.98 Å². The maximum absolute atomic E-state index is 11.0. The molecule has 40 heavy (non-hydrogen) atoms. The molecule has 3 nitrogen and oxygen atoms in total. The first-order chi connectivity index (χ1) is 19.6. The number of Topliss-reactive ketones (excluding diaryl/α,β-unsaturated/α-hetero) is 2. The van der Waals surface area contributed by atoms with E-state index in [2.05, 4.69) is 12.1 Å². The van der Waals surface area contributed by atoms with Crippen LogP contribution in [0.4, 0.5) is 0 Å². The number of carbonyl (C=O) groups excluding carboxylic acids is 2. The minimum atomic E-state index is 0.338. The molecule has 0 aromatic carbocycles. The predicted octanol–water partition coefficient (Wildman–Crippen LogP) is 11.5. The van der Waals surface area contributed by atoms with E-state index in [-0.39, 0.29) is 0 Å². The first-order valence-electron chi connectivity index (χ1n) is 17.5. The lowest BCUT2D eigenvalue weighted by atomic mass is 10.00. The highest BCUT2D eigenvalue weighted by molar-refractivity contribution is 5.75. The molecule has 1 rings (SSSR count). The Morgan fingerprint density at radius 1 is 0.475 bits per heavy atom. The number of aromatic nitrogens is 1. The van der Waals surface area contributed by atoms with Gasteiger partial charge in [-0.05, 0) is 64.0 Å². The van der Waals surface area contributed by atoms with Crippen LogP contribution in [0.1, 0.15) is 192 Å². The molecule has 0 N–H and O–H groups in total. The molecule has 1 aromatic rings. The van der Waals surface area contributed by atoms with Crippen molar-refractivity contribution in [3.8, 4) is 0 Å². The van der Waals surface area contributed by atoms with Crippen LogP contribution >= 0.6 is 0 Å². The van der Waals surface area contributed by atoms with Crippen molar-refractivity contribution in [3.63, 3.8) is 0 Å². The van der Waals surface area contributed by atoms with Crippen molar-refractivity contribution >= 4 is 11.6 Å². The normalized spacial score (nSPS) is 11.2. The van der Waals surface area contributed by atoms with E-state index in [4.69, 9.17) is 4.98 Å². The fraction of sp³-hybridized carbons (Fsp3) is 0.811. The summed E-state index contributed by atoms with van der Waals surface area (Å²) in [6.45, 7) is 3.40. The van der Waals surface area contributed by atoms with Crippen molar-refractivity contribution in [2.24, 2.45) is 0 Å². The zero-order chi connectivity index (χ0) is 28.9. The van der Waals surface area contributed by atoms with Crippen molar-refractivity contribution in [2.75, 3.05) is 0 Å². The van der Waals surface area contributed by atoms with Gasteiger partial charge in [0.05, 0.1) is 0 Å². The van der Waals surface area contributed by atoms with E-state index in [9.17, 15) is 9.59 Å². The molecule has 0 radical (unpaired) electrons. The Balaban J connectivity index is 1.92. The molecule has 1 heterocycles. The molecule has 0 amide bonds. The molecule has 0 aliphatic rings. The van der Waals surface area contributed by atoms with E-state index < -0.39 is 0 Å². The van der Waals surface area contributed by atoms with Crippen molar-refractivity contribution in [1.29, 1.82) is 0 Å². The molecular weight excluding hydrogens is 490 g/mol. The summed E-state index contributed by atoms with van der Waals surface area (Å²) < 4.78 is 0. The summed E-state index contributed by atoms with van der Waals surface area (Å²) >= 11 is 0. The summed E-state index contributed by atoms with van der Waals surface area (Å²) in [7, 11) is 0. The molecule has 0 aliphatic heterocycles. The van der Waals surface area contributed by atoms with Crippen molar-refractivity contribution < 1.29 is 9.59 Å². The number of nitrogens with zero attached hydrogens (tertiary/aromatic N) is 1. The van der Waals surface area contributed by atoms with Crippen LogP contribution in [0, 0.1) is 0 Å². The van der Waals surface area contributed by atoms with Gasteiger partial charge in [-0.25, -0.2) is 0 Å². The van der Waals surface area contributed by atoms with Gasteiger partial charge < -0.3 is 9.59 Å². The Kier molecular flexibility index (Phi) is 25.2. The predicted molar refractivity (Wildman–Crippen MR) is 173 cm³/mol. The summed E-state index contributed by atoms with van der Waals surface area (Å²) in [5.74, 6) is 0.677. The summed E-state index contributed by atoms with van der Waals surface area (Å²) in [4.78, 5) is 26.6. The number of pyridine rings is 1. The molecule has 0 bridgehead atoms. The van der Waals surface area contributed by atoms with Crippen LogP contribution in [0.3, 0.4) is 0 Å². The second kappa shape index (κ2) is 27.6. The fourth-order valence-electron chi connectivity index (χ4n) is 5.82. The lowest BCUT2D eigenvalue weighted by Crippen LogP contribution is -1.98. The number of carbonyl (C=O) groups is 2. The third-order valence-electron chi connectivity index (χ3n) is 8.40. The van der Waals surface area contributed by atoms with Crippen LogP contribution in [0.25, 0.3) is 0 Å². The highest BCUT2D eigenvalue weighted by Gasteiger charge is 2.04. The average molecular weight is 556 g/mol. The molecule has 230 valence electrons. The summed E-state index contributed by atoms with van der Waals surface area (Å²) in [5, 5.41) is 0. The second-order valence-corrected chi connectivity index (χ2v) is 12.5. The molecule has 0 atom stereocenters. The Hall–Kier alpha value is -1.51. The van der Waals surface area contributed by atoms with Gasteiger partial charge in [0.15, 0.2) is 0 Å². The maximum atomic E-state index is 11.0. The number of rotatable bonds is 30. The largest absolute Gasteiger partial charge is 0.300 e. The van der Waals surface area contributed by atoms with Gasteiger partial charge in [-0.2, -0.15) is 0 Å². The van der Waals surface area contributed by atoms with E-state index in [0.29, 0.717) is 11.6 Å². The van der Waals surface area contributed by atoms with Crippen LogP contribution in [0.2, 0.25) is 0 Å².